The number of aromatic nitrogens is 3. The number of nitrogens with zero attached hydrogens (tertiary/aromatic N) is 4. The summed E-state index contributed by atoms with van der Waals surface area (Å²) in [6.45, 7) is 4.74. The van der Waals surface area contributed by atoms with E-state index in [1.165, 1.54) is 4.88 Å². The zero-order valence-electron chi connectivity index (χ0n) is 16.3. The van der Waals surface area contributed by atoms with Gasteiger partial charge in [-0.05, 0) is 43.7 Å². The van der Waals surface area contributed by atoms with E-state index in [0.717, 1.165) is 34.7 Å². The third-order valence-corrected chi connectivity index (χ3v) is 6.64. The van der Waals surface area contributed by atoms with Gasteiger partial charge in [-0.3, -0.25) is 9.78 Å². The molecule has 4 aromatic rings. The molecule has 0 unspecified atom stereocenters. The van der Waals surface area contributed by atoms with Crippen LogP contribution in [0.15, 0.2) is 46.3 Å². The van der Waals surface area contributed by atoms with Gasteiger partial charge >= 0.3 is 0 Å². The minimum atomic E-state index is -0.196. The molecule has 1 aromatic carbocycles. The van der Waals surface area contributed by atoms with Gasteiger partial charge in [0, 0.05) is 28.4 Å². The van der Waals surface area contributed by atoms with E-state index in [9.17, 15) is 4.79 Å². The predicted octanol–water partition coefficient (Wildman–Crippen LogP) is 4.94. The average molecular weight is 404 g/mol. The van der Waals surface area contributed by atoms with E-state index in [2.05, 4.69) is 15.2 Å². The van der Waals surface area contributed by atoms with Gasteiger partial charge in [0.1, 0.15) is 11.7 Å². The highest BCUT2D eigenvalue weighted by molar-refractivity contribution is 7.10. The van der Waals surface area contributed by atoms with Crippen molar-refractivity contribution in [1.29, 1.82) is 0 Å². The van der Waals surface area contributed by atoms with Crippen LogP contribution in [0, 0.1) is 13.8 Å². The Hall–Kier alpha value is -3.06. The molecule has 1 aliphatic heterocycles. The Morgan fingerprint density at radius 2 is 2.07 bits per heavy atom. The lowest BCUT2D eigenvalue weighted by Crippen LogP contribution is -2.30. The van der Waals surface area contributed by atoms with Crippen LogP contribution in [0.1, 0.15) is 45.6 Å². The fourth-order valence-corrected chi connectivity index (χ4v) is 4.76. The Balaban J connectivity index is 1.48. The van der Waals surface area contributed by atoms with Crippen molar-refractivity contribution < 1.29 is 9.21 Å². The van der Waals surface area contributed by atoms with E-state index in [1.54, 1.807) is 17.5 Å². The number of fused-ring (bicyclic) bond motifs is 1. The number of amides is 1. The fraction of sp³-hybridized carbons (Fsp3) is 0.273. The van der Waals surface area contributed by atoms with Gasteiger partial charge in [0.25, 0.3) is 11.8 Å². The van der Waals surface area contributed by atoms with Gasteiger partial charge in [-0.15, -0.1) is 21.5 Å². The van der Waals surface area contributed by atoms with Crippen molar-refractivity contribution in [2.24, 2.45) is 0 Å². The highest BCUT2D eigenvalue weighted by Gasteiger charge is 2.35. The molecule has 0 N–H and O–H groups in total. The fourth-order valence-electron chi connectivity index (χ4n) is 3.90. The van der Waals surface area contributed by atoms with Crippen LogP contribution in [0.25, 0.3) is 22.4 Å². The Bertz CT molecular complexity index is 1210. The Labute approximate surface area is 172 Å². The van der Waals surface area contributed by atoms with Crippen molar-refractivity contribution in [3.05, 3.63) is 63.8 Å². The molecule has 1 aliphatic rings. The van der Waals surface area contributed by atoms with Crippen molar-refractivity contribution in [2.75, 3.05) is 6.54 Å². The molecule has 1 amide bonds. The molecule has 7 heteroatoms. The van der Waals surface area contributed by atoms with Crippen molar-refractivity contribution in [1.82, 2.24) is 20.1 Å². The van der Waals surface area contributed by atoms with Crippen LogP contribution in [-0.4, -0.2) is 32.5 Å². The van der Waals surface area contributed by atoms with E-state index in [1.807, 2.05) is 54.5 Å². The number of hydrogen-bond acceptors (Lipinski definition) is 6. The minimum Gasteiger partial charge on any atom is -0.417 e. The average Bonchev–Trinajstić information content (AvgIpc) is 3.48. The summed E-state index contributed by atoms with van der Waals surface area (Å²) in [5.41, 5.74) is 2.49. The van der Waals surface area contributed by atoms with Crippen molar-refractivity contribution in [3.63, 3.8) is 0 Å². The third kappa shape index (κ3) is 3.02. The molecule has 0 aliphatic carbocycles. The molecular formula is C22H20N4O2S. The number of hydrogen-bond donors (Lipinski definition) is 0. The van der Waals surface area contributed by atoms with E-state index < -0.39 is 0 Å². The van der Waals surface area contributed by atoms with E-state index in [0.29, 0.717) is 24.0 Å². The van der Waals surface area contributed by atoms with Gasteiger partial charge in [-0.2, -0.15) is 0 Å². The zero-order valence-corrected chi connectivity index (χ0v) is 17.1. The molecular weight excluding hydrogens is 384 g/mol. The van der Waals surface area contributed by atoms with Gasteiger partial charge in [-0.1, -0.05) is 24.3 Å². The Kier molecular flexibility index (Phi) is 4.39. The van der Waals surface area contributed by atoms with Crippen molar-refractivity contribution in [2.45, 2.75) is 32.7 Å². The van der Waals surface area contributed by atoms with Crippen LogP contribution in [0.2, 0.25) is 0 Å². The SMILES string of the molecule is Cc1scc(C(=O)N2CCC[C@@H]2c2nnc(-c3nccc4ccccc34)o2)c1C. The molecule has 0 saturated carbocycles. The van der Waals surface area contributed by atoms with Gasteiger partial charge in [0.05, 0.1) is 5.56 Å². The maximum atomic E-state index is 13.1. The monoisotopic (exact) mass is 404 g/mol. The van der Waals surface area contributed by atoms with Gasteiger partial charge < -0.3 is 9.32 Å². The summed E-state index contributed by atoms with van der Waals surface area (Å²) < 4.78 is 6.04. The lowest BCUT2D eigenvalue weighted by atomic mass is 10.1. The van der Waals surface area contributed by atoms with Crippen LogP contribution in [0.5, 0.6) is 0 Å². The summed E-state index contributed by atoms with van der Waals surface area (Å²) in [5.74, 6) is 0.904. The zero-order chi connectivity index (χ0) is 20.0. The number of rotatable bonds is 3. The first-order valence-electron chi connectivity index (χ1n) is 9.66. The lowest BCUT2D eigenvalue weighted by molar-refractivity contribution is 0.0715. The number of aryl methyl sites for hydroxylation is 1. The standard InChI is InChI=1S/C22H20N4O2S/c1-13-14(2)29-12-17(13)22(27)26-11-5-8-18(26)20-24-25-21(28-20)19-16-7-4-3-6-15(16)9-10-23-19/h3-4,6-7,9-10,12,18H,5,8,11H2,1-2H3/t18-/m1/s1. The molecule has 3 aromatic heterocycles. The van der Waals surface area contributed by atoms with Crippen molar-refractivity contribution >= 4 is 28.0 Å². The molecule has 1 fully saturated rings. The van der Waals surface area contributed by atoms with E-state index in [4.69, 9.17) is 4.42 Å². The number of thiophene rings is 1. The van der Waals surface area contributed by atoms with Crippen LogP contribution in [-0.2, 0) is 0 Å². The highest BCUT2D eigenvalue weighted by atomic mass is 32.1. The van der Waals surface area contributed by atoms with Crippen LogP contribution in [0.3, 0.4) is 0 Å². The van der Waals surface area contributed by atoms with Gasteiger partial charge in [0.2, 0.25) is 5.89 Å². The lowest BCUT2D eigenvalue weighted by Gasteiger charge is -2.22. The maximum absolute atomic E-state index is 13.1. The highest BCUT2D eigenvalue weighted by Crippen LogP contribution is 2.35. The van der Waals surface area contributed by atoms with E-state index in [-0.39, 0.29) is 11.9 Å². The summed E-state index contributed by atoms with van der Waals surface area (Å²) >= 11 is 1.61. The van der Waals surface area contributed by atoms with Gasteiger partial charge in [-0.25, -0.2) is 0 Å². The first kappa shape index (κ1) is 18.0. The van der Waals surface area contributed by atoms with Crippen molar-refractivity contribution in [3.8, 4) is 11.6 Å². The number of benzene rings is 1. The second-order valence-corrected chi connectivity index (χ2v) is 8.40. The Morgan fingerprint density at radius 3 is 2.90 bits per heavy atom. The second kappa shape index (κ2) is 7.08. The Morgan fingerprint density at radius 1 is 1.21 bits per heavy atom. The molecule has 4 heterocycles. The van der Waals surface area contributed by atoms with Gasteiger partial charge in [0.15, 0.2) is 0 Å². The molecule has 29 heavy (non-hydrogen) atoms. The largest absolute Gasteiger partial charge is 0.417 e. The number of likely N-dealkylation sites (tertiary alicyclic amines) is 1. The topological polar surface area (TPSA) is 72.1 Å². The molecule has 6 nitrogen and oxygen atoms in total. The molecule has 0 bridgehead atoms. The molecule has 1 saturated heterocycles. The number of carbonyl (C=O) groups excluding carboxylic acids is 1. The smallest absolute Gasteiger partial charge is 0.267 e. The first-order chi connectivity index (χ1) is 14.1. The molecule has 5 rings (SSSR count). The maximum Gasteiger partial charge on any atom is 0.267 e. The van der Waals surface area contributed by atoms with Crippen LogP contribution in [0.4, 0.5) is 0 Å². The summed E-state index contributed by atoms with van der Waals surface area (Å²) in [5, 5.41) is 12.5. The molecule has 0 radical (unpaired) electrons. The third-order valence-electron chi connectivity index (χ3n) is 5.63. The first-order valence-corrected chi connectivity index (χ1v) is 10.5. The van der Waals surface area contributed by atoms with E-state index >= 15 is 0 Å². The second-order valence-electron chi connectivity index (χ2n) is 7.31. The summed E-state index contributed by atoms with van der Waals surface area (Å²) in [6.07, 6.45) is 3.48. The number of carbonyl (C=O) groups is 1. The minimum absolute atomic E-state index is 0.0392. The molecule has 1 atom stereocenters. The molecule has 0 spiro atoms. The summed E-state index contributed by atoms with van der Waals surface area (Å²) in [6, 6.07) is 9.74. The molecule has 146 valence electrons. The quantitative estimate of drug-likeness (QED) is 0.484. The summed E-state index contributed by atoms with van der Waals surface area (Å²) in [4.78, 5) is 20.6. The van der Waals surface area contributed by atoms with Crippen LogP contribution >= 0.6 is 11.3 Å². The number of pyridine rings is 1. The normalized spacial score (nSPS) is 16.6. The predicted molar refractivity (Wildman–Crippen MR) is 112 cm³/mol. The summed E-state index contributed by atoms with van der Waals surface area (Å²) in [7, 11) is 0. The van der Waals surface area contributed by atoms with Crippen LogP contribution < -0.4 is 0 Å².